The molecule has 0 radical (unpaired) electrons. The van der Waals surface area contributed by atoms with Crippen LogP contribution in [0.1, 0.15) is 29.8 Å². The van der Waals surface area contributed by atoms with Crippen LogP contribution in [0, 0.1) is 0 Å². The van der Waals surface area contributed by atoms with Gasteiger partial charge in [-0.3, -0.25) is 9.69 Å². The van der Waals surface area contributed by atoms with Crippen LogP contribution in [-0.2, 0) is 0 Å². The van der Waals surface area contributed by atoms with Crippen molar-refractivity contribution >= 4 is 5.91 Å². The minimum atomic E-state index is -0.0168. The van der Waals surface area contributed by atoms with Crippen LogP contribution >= 0.6 is 0 Å². The van der Waals surface area contributed by atoms with Crippen molar-refractivity contribution < 1.29 is 9.32 Å². The van der Waals surface area contributed by atoms with Gasteiger partial charge in [0, 0.05) is 36.8 Å². The van der Waals surface area contributed by atoms with Gasteiger partial charge in [-0.1, -0.05) is 35.5 Å². The second kappa shape index (κ2) is 5.81. The predicted octanol–water partition coefficient (Wildman–Crippen LogP) is 2.65. The Morgan fingerprint density at radius 1 is 1.17 bits per heavy atom. The third-order valence-electron chi connectivity index (χ3n) is 5.22. The molecule has 2 atom stereocenters. The summed E-state index contributed by atoms with van der Waals surface area (Å²) >= 11 is 0. The number of carbonyl (C=O) groups is 1. The van der Waals surface area contributed by atoms with Crippen molar-refractivity contribution in [2.75, 3.05) is 20.1 Å². The van der Waals surface area contributed by atoms with E-state index in [9.17, 15) is 4.79 Å². The van der Waals surface area contributed by atoms with Crippen molar-refractivity contribution in [3.63, 3.8) is 0 Å². The van der Waals surface area contributed by atoms with Crippen molar-refractivity contribution in [3.05, 3.63) is 42.1 Å². The Balaban J connectivity index is 1.52. The Morgan fingerprint density at radius 2 is 1.96 bits per heavy atom. The first kappa shape index (κ1) is 14.5. The second-order valence-corrected chi connectivity index (χ2v) is 6.53. The highest BCUT2D eigenvalue weighted by Crippen LogP contribution is 2.29. The van der Waals surface area contributed by atoms with E-state index >= 15 is 0 Å². The highest BCUT2D eigenvalue weighted by molar-refractivity contribution is 5.93. The van der Waals surface area contributed by atoms with Gasteiger partial charge in [0.25, 0.3) is 5.91 Å². The van der Waals surface area contributed by atoms with E-state index in [1.165, 1.54) is 12.8 Å². The van der Waals surface area contributed by atoms with E-state index in [1.807, 2.05) is 35.2 Å². The molecule has 0 spiro atoms. The van der Waals surface area contributed by atoms with Gasteiger partial charge < -0.3 is 9.42 Å². The van der Waals surface area contributed by atoms with E-state index in [1.54, 1.807) is 6.07 Å². The summed E-state index contributed by atoms with van der Waals surface area (Å²) in [7, 11) is 2.18. The van der Waals surface area contributed by atoms with E-state index in [0.717, 1.165) is 25.1 Å². The molecule has 1 aromatic heterocycles. The average molecular weight is 311 g/mol. The van der Waals surface area contributed by atoms with Gasteiger partial charge in [-0.05, 0) is 26.3 Å². The number of likely N-dealkylation sites (tertiary alicyclic amines) is 1. The summed E-state index contributed by atoms with van der Waals surface area (Å²) in [6.07, 6.45) is 3.48. The summed E-state index contributed by atoms with van der Waals surface area (Å²) in [5.41, 5.74) is 1.35. The van der Waals surface area contributed by atoms with Crippen LogP contribution in [0.5, 0.6) is 0 Å². The SMILES string of the molecule is CN1[C@@H]2CC[C@H]1CN(C(=O)c1cc(-c3ccccc3)on1)CC2. The molecule has 2 aromatic rings. The number of hydrogen-bond acceptors (Lipinski definition) is 4. The molecule has 23 heavy (non-hydrogen) atoms. The number of rotatable bonds is 2. The molecule has 2 aliphatic rings. The van der Waals surface area contributed by atoms with E-state index < -0.39 is 0 Å². The number of hydrogen-bond donors (Lipinski definition) is 0. The van der Waals surface area contributed by atoms with Crippen LogP contribution in [0.4, 0.5) is 0 Å². The zero-order valence-electron chi connectivity index (χ0n) is 13.3. The molecule has 3 heterocycles. The van der Waals surface area contributed by atoms with Crippen molar-refractivity contribution in [3.8, 4) is 11.3 Å². The number of nitrogens with zero attached hydrogens (tertiary/aromatic N) is 3. The van der Waals surface area contributed by atoms with E-state index in [-0.39, 0.29) is 5.91 Å². The van der Waals surface area contributed by atoms with Crippen molar-refractivity contribution in [1.29, 1.82) is 0 Å². The maximum absolute atomic E-state index is 12.8. The molecular formula is C18H21N3O2. The van der Waals surface area contributed by atoms with Gasteiger partial charge in [-0.25, -0.2) is 0 Å². The molecular weight excluding hydrogens is 290 g/mol. The summed E-state index contributed by atoms with van der Waals surface area (Å²) in [4.78, 5) is 17.1. The third kappa shape index (κ3) is 2.65. The molecule has 120 valence electrons. The van der Waals surface area contributed by atoms with Crippen LogP contribution in [0.2, 0.25) is 0 Å². The van der Waals surface area contributed by atoms with Gasteiger partial charge in [0.05, 0.1) is 0 Å². The molecule has 0 N–H and O–H groups in total. The van der Waals surface area contributed by atoms with E-state index in [0.29, 0.717) is 23.5 Å². The lowest BCUT2D eigenvalue weighted by molar-refractivity contribution is 0.0730. The van der Waals surface area contributed by atoms with Crippen LogP contribution < -0.4 is 0 Å². The first-order valence-corrected chi connectivity index (χ1v) is 8.26. The lowest BCUT2D eigenvalue weighted by atomic mass is 10.1. The van der Waals surface area contributed by atoms with Crippen LogP contribution in [0.3, 0.4) is 0 Å². The summed E-state index contributed by atoms with van der Waals surface area (Å²) in [6.45, 7) is 1.59. The standard InChI is InChI=1S/C18H21N3O2/c1-20-14-7-8-15(20)12-21(10-9-14)18(22)16-11-17(23-19-16)13-5-3-2-4-6-13/h2-6,11,14-15H,7-10,12H2,1H3/t14-,15+/m1/s1. The van der Waals surface area contributed by atoms with Gasteiger partial charge >= 0.3 is 0 Å². The maximum Gasteiger partial charge on any atom is 0.276 e. The largest absolute Gasteiger partial charge is 0.355 e. The average Bonchev–Trinajstić information content (AvgIpc) is 3.13. The lowest BCUT2D eigenvalue weighted by Gasteiger charge is -2.25. The number of aromatic nitrogens is 1. The highest BCUT2D eigenvalue weighted by atomic mass is 16.5. The predicted molar refractivity (Wildman–Crippen MR) is 87.0 cm³/mol. The van der Waals surface area contributed by atoms with Crippen LogP contribution in [-0.4, -0.2) is 53.1 Å². The monoisotopic (exact) mass is 311 g/mol. The minimum absolute atomic E-state index is 0.0168. The van der Waals surface area contributed by atoms with Crippen molar-refractivity contribution in [1.82, 2.24) is 15.0 Å². The number of benzene rings is 1. The smallest absolute Gasteiger partial charge is 0.276 e. The molecule has 2 fully saturated rings. The molecule has 2 saturated heterocycles. The molecule has 0 unspecified atom stereocenters. The zero-order valence-corrected chi connectivity index (χ0v) is 13.3. The fraction of sp³-hybridized carbons (Fsp3) is 0.444. The normalized spacial score (nSPS) is 24.7. The molecule has 2 bridgehead atoms. The molecule has 4 rings (SSSR count). The van der Waals surface area contributed by atoms with E-state index in [2.05, 4.69) is 17.1 Å². The minimum Gasteiger partial charge on any atom is -0.355 e. The maximum atomic E-state index is 12.8. The van der Waals surface area contributed by atoms with Crippen LogP contribution in [0.25, 0.3) is 11.3 Å². The number of carbonyl (C=O) groups excluding carboxylic acids is 1. The molecule has 1 amide bonds. The highest BCUT2D eigenvalue weighted by Gasteiger charge is 2.36. The molecule has 1 aromatic carbocycles. The molecule has 2 aliphatic heterocycles. The number of likely N-dealkylation sites (N-methyl/N-ethyl adjacent to an activating group) is 1. The Bertz CT molecular complexity index is 697. The fourth-order valence-corrected chi connectivity index (χ4v) is 3.77. The van der Waals surface area contributed by atoms with E-state index in [4.69, 9.17) is 4.52 Å². The Morgan fingerprint density at radius 3 is 2.78 bits per heavy atom. The third-order valence-corrected chi connectivity index (χ3v) is 5.22. The fourth-order valence-electron chi connectivity index (χ4n) is 3.77. The Kier molecular flexibility index (Phi) is 3.65. The summed E-state index contributed by atoms with van der Waals surface area (Å²) in [6, 6.07) is 12.6. The molecule has 0 saturated carbocycles. The van der Waals surface area contributed by atoms with Gasteiger partial charge in [-0.2, -0.15) is 0 Å². The van der Waals surface area contributed by atoms with Gasteiger partial charge in [-0.15, -0.1) is 0 Å². The van der Waals surface area contributed by atoms with Gasteiger partial charge in [0.15, 0.2) is 11.5 Å². The first-order valence-electron chi connectivity index (χ1n) is 8.26. The summed E-state index contributed by atoms with van der Waals surface area (Å²) in [5.74, 6) is 0.624. The zero-order chi connectivity index (χ0) is 15.8. The van der Waals surface area contributed by atoms with Crippen molar-refractivity contribution in [2.24, 2.45) is 0 Å². The van der Waals surface area contributed by atoms with Crippen LogP contribution in [0.15, 0.2) is 40.9 Å². The number of fused-ring (bicyclic) bond motifs is 2. The second-order valence-electron chi connectivity index (χ2n) is 6.53. The lowest BCUT2D eigenvalue weighted by Crippen LogP contribution is -2.39. The molecule has 0 aliphatic carbocycles. The van der Waals surface area contributed by atoms with Gasteiger partial charge in [0.2, 0.25) is 0 Å². The summed E-state index contributed by atoms with van der Waals surface area (Å²) in [5, 5.41) is 4.00. The first-order chi connectivity index (χ1) is 11.2. The Labute approximate surface area is 135 Å². The Hall–Kier alpha value is -2.14. The topological polar surface area (TPSA) is 49.6 Å². The quantitative estimate of drug-likeness (QED) is 0.855. The molecule has 5 nitrogen and oxygen atoms in total. The van der Waals surface area contributed by atoms with Gasteiger partial charge in [0.1, 0.15) is 0 Å². The molecule has 5 heteroatoms. The summed E-state index contributed by atoms with van der Waals surface area (Å²) < 4.78 is 5.37. The number of amides is 1. The van der Waals surface area contributed by atoms with Crippen molar-refractivity contribution in [2.45, 2.75) is 31.3 Å².